The molecule has 3 amide bonds. The zero-order valence-corrected chi connectivity index (χ0v) is 23.2. The number of hydrogen-bond acceptors (Lipinski definition) is 6. The van der Waals surface area contributed by atoms with Crippen LogP contribution in [0.15, 0.2) is 48.5 Å². The summed E-state index contributed by atoms with van der Waals surface area (Å²) in [5.74, 6) is -0.154. The van der Waals surface area contributed by atoms with E-state index in [1.807, 2.05) is 36.9 Å². The summed E-state index contributed by atoms with van der Waals surface area (Å²) in [5, 5.41) is 2.97. The molecule has 0 spiro atoms. The highest BCUT2D eigenvalue weighted by Crippen LogP contribution is 2.28. The number of rotatable bonds is 4. The van der Waals surface area contributed by atoms with E-state index in [9.17, 15) is 14.4 Å². The predicted octanol–water partition coefficient (Wildman–Crippen LogP) is 3.70. The van der Waals surface area contributed by atoms with Crippen LogP contribution in [0.4, 0.5) is 5.69 Å². The Balaban J connectivity index is 1.63. The molecule has 1 N–H and O–H groups in total. The van der Waals surface area contributed by atoms with Gasteiger partial charge in [0.15, 0.2) is 0 Å². The predicted molar refractivity (Wildman–Crippen MR) is 148 cm³/mol. The number of carbonyl (C=O) groups excluding carboxylic acids is 3. The fourth-order valence-corrected chi connectivity index (χ4v) is 5.08. The van der Waals surface area contributed by atoms with E-state index < -0.39 is 0 Å². The average Bonchev–Trinajstić information content (AvgIpc) is 2.97. The molecule has 210 valence electrons. The normalized spacial score (nSPS) is 23.2. The number of nitrogens with one attached hydrogen (secondary N) is 1. The summed E-state index contributed by atoms with van der Waals surface area (Å²) in [5.41, 5.74) is 1.54. The van der Waals surface area contributed by atoms with Crippen LogP contribution < -0.4 is 10.1 Å². The Morgan fingerprint density at radius 2 is 1.74 bits per heavy atom. The summed E-state index contributed by atoms with van der Waals surface area (Å²) in [7, 11) is 3.36. The molecule has 9 nitrogen and oxygen atoms in total. The number of amides is 3. The van der Waals surface area contributed by atoms with Gasteiger partial charge in [0, 0.05) is 69.6 Å². The number of methoxy groups -OCH3 is 1. The van der Waals surface area contributed by atoms with Crippen LogP contribution >= 0.6 is 0 Å². The molecule has 0 aromatic heterocycles. The van der Waals surface area contributed by atoms with Crippen LogP contribution in [0.3, 0.4) is 0 Å². The van der Waals surface area contributed by atoms with Crippen molar-refractivity contribution in [2.45, 2.75) is 38.8 Å². The second-order valence-electron chi connectivity index (χ2n) is 10.5. The zero-order valence-electron chi connectivity index (χ0n) is 23.2. The van der Waals surface area contributed by atoms with Crippen molar-refractivity contribution in [3.05, 3.63) is 59.7 Å². The number of carbonyl (C=O) groups is 3. The Labute approximate surface area is 230 Å². The van der Waals surface area contributed by atoms with Crippen LogP contribution in [-0.2, 0) is 14.3 Å². The van der Waals surface area contributed by atoms with Crippen molar-refractivity contribution < 1.29 is 28.6 Å². The van der Waals surface area contributed by atoms with Gasteiger partial charge in [0.05, 0.1) is 17.7 Å². The van der Waals surface area contributed by atoms with Gasteiger partial charge in [-0.15, -0.1) is 0 Å². The molecule has 1 fully saturated rings. The smallest absolute Gasteiger partial charge is 0.257 e. The molecule has 3 atom stereocenters. The zero-order chi connectivity index (χ0) is 27.9. The molecule has 9 heteroatoms. The Bertz CT molecular complexity index is 1150. The largest absolute Gasteiger partial charge is 0.491 e. The molecule has 0 unspecified atom stereocenters. The minimum Gasteiger partial charge on any atom is -0.491 e. The first-order valence-corrected chi connectivity index (χ1v) is 13.6. The van der Waals surface area contributed by atoms with Gasteiger partial charge >= 0.3 is 0 Å². The lowest BCUT2D eigenvalue weighted by atomic mass is 9.99. The van der Waals surface area contributed by atoms with E-state index in [0.29, 0.717) is 61.7 Å². The Morgan fingerprint density at radius 3 is 2.44 bits per heavy atom. The van der Waals surface area contributed by atoms with Gasteiger partial charge in [-0.2, -0.15) is 0 Å². The van der Waals surface area contributed by atoms with E-state index >= 15 is 0 Å². The maximum absolute atomic E-state index is 13.6. The maximum atomic E-state index is 13.6. The Morgan fingerprint density at radius 1 is 1.03 bits per heavy atom. The van der Waals surface area contributed by atoms with Crippen molar-refractivity contribution in [3.8, 4) is 5.75 Å². The second kappa shape index (κ2) is 13.1. The first-order chi connectivity index (χ1) is 18.8. The molecule has 1 saturated heterocycles. The second-order valence-corrected chi connectivity index (χ2v) is 10.5. The van der Waals surface area contributed by atoms with Crippen molar-refractivity contribution in [3.63, 3.8) is 0 Å². The number of benzene rings is 2. The fraction of sp³-hybridized carbons (Fsp3) is 0.500. The lowest BCUT2D eigenvalue weighted by Crippen LogP contribution is -2.48. The summed E-state index contributed by atoms with van der Waals surface area (Å²) in [6, 6.07) is 14.0. The lowest BCUT2D eigenvalue weighted by molar-refractivity contribution is -0.122. The van der Waals surface area contributed by atoms with E-state index in [1.54, 1.807) is 49.4 Å². The SMILES string of the molecule is CO[C@H]1CN(C)C(=O)c2ccc(NC(=O)C3CCOCC3)cc2OC[C@@H](C)N(C(=O)c2ccccc2)C[C@@H]1C. The van der Waals surface area contributed by atoms with Crippen molar-refractivity contribution in [2.24, 2.45) is 11.8 Å². The van der Waals surface area contributed by atoms with Gasteiger partial charge in [-0.3, -0.25) is 14.4 Å². The van der Waals surface area contributed by atoms with E-state index in [2.05, 4.69) is 5.32 Å². The average molecular weight is 538 g/mol. The number of hydrogen-bond donors (Lipinski definition) is 1. The van der Waals surface area contributed by atoms with Crippen LogP contribution in [0, 0.1) is 11.8 Å². The number of likely N-dealkylation sites (N-methyl/N-ethyl adjacent to an activating group) is 1. The molecule has 0 aliphatic carbocycles. The standard InChI is InChI=1S/C30H39N3O6/c1-20-17-33(29(35)23-8-6-5-7-9-23)21(2)19-39-26-16-24(31-28(34)22-12-14-38-15-13-22)10-11-25(26)30(36)32(3)18-27(20)37-4/h5-11,16,20-22,27H,12-15,17-19H2,1-4H3,(H,31,34)/t20-,21+,27-/m0/s1. The Hall–Kier alpha value is -3.43. The van der Waals surface area contributed by atoms with Gasteiger partial charge in [-0.25, -0.2) is 0 Å². The van der Waals surface area contributed by atoms with Gasteiger partial charge in [0.1, 0.15) is 12.4 Å². The van der Waals surface area contributed by atoms with Gasteiger partial charge in [-0.1, -0.05) is 25.1 Å². The monoisotopic (exact) mass is 537 g/mol. The van der Waals surface area contributed by atoms with E-state index in [1.165, 1.54) is 0 Å². The van der Waals surface area contributed by atoms with Crippen molar-refractivity contribution in [1.82, 2.24) is 9.80 Å². The molecule has 2 aromatic carbocycles. The molecule has 4 rings (SSSR count). The highest BCUT2D eigenvalue weighted by atomic mass is 16.5. The third kappa shape index (κ3) is 6.96. The van der Waals surface area contributed by atoms with E-state index in [4.69, 9.17) is 14.2 Å². The third-order valence-corrected chi connectivity index (χ3v) is 7.59. The van der Waals surface area contributed by atoms with Gasteiger partial charge in [-0.05, 0) is 44.0 Å². The molecular weight excluding hydrogens is 498 g/mol. The minimum atomic E-state index is -0.293. The molecule has 0 saturated carbocycles. The molecule has 2 aromatic rings. The van der Waals surface area contributed by atoms with Gasteiger partial charge in [0.2, 0.25) is 5.91 Å². The Kier molecular flexibility index (Phi) is 9.59. The molecule has 0 radical (unpaired) electrons. The third-order valence-electron chi connectivity index (χ3n) is 7.59. The summed E-state index contributed by atoms with van der Waals surface area (Å²) in [6.07, 6.45) is 1.08. The number of anilines is 1. The van der Waals surface area contributed by atoms with E-state index in [-0.39, 0.29) is 48.3 Å². The molecular formula is C30H39N3O6. The van der Waals surface area contributed by atoms with Crippen LogP contribution in [-0.4, -0.2) is 86.7 Å². The van der Waals surface area contributed by atoms with Gasteiger partial charge in [0.25, 0.3) is 11.8 Å². The summed E-state index contributed by atoms with van der Waals surface area (Å²) in [6.45, 7) is 6.06. The number of nitrogens with zero attached hydrogens (tertiary/aromatic N) is 2. The van der Waals surface area contributed by atoms with E-state index in [0.717, 1.165) is 0 Å². The van der Waals surface area contributed by atoms with Crippen LogP contribution in [0.25, 0.3) is 0 Å². The maximum Gasteiger partial charge on any atom is 0.257 e. The minimum absolute atomic E-state index is 0.0398. The van der Waals surface area contributed by atoms with Crippen LogP contribution in [0.5, 0.6) is 5.75 Å². The molecule has 2 aliphatic rings. The summed E-state index contributed by atoms with van der Waals surface area (Å²) >= 11 is 0. The highest BCUT2D eigenvalue weighted by Gasteiger charge is 2.31. The molecule has 0 bridgehead atoms. The van der Waals surface area contributed by atoms with Gasteiger partial charge < -0.3 is 29.3 Å². The number of ether oxygens (including phenoxy) is 3. The summed E-state index contributed by atoms with van der Waals surface area (Å²) in [4.78, 5) is 43.3. The fourth-order valence-electron chi connectivity index (χ4n) is 5.08. The highest BCUT2D eigenvalue weighted by molar-refractivity contribution is 5.99. The van der Waals surface area contributed by atoms with Crippen LogP contribution in [0.1, 0.15) is 47.4 Å². The van der Waals surface area contributed by atoms with Crippen molar-refractivity contribution in [1.29, 1.82) is 0 Å². The quantitative estimate of drug-likeness (QED) is 0.639. The molecule has 39 heavy (non-hydrogen) atoms. The lowest BCUT2D eigenvalue weighted by Gasteiger charge is -2.36. The van der Waals surface area contributed by atoms with Crippen molar-refractivity contribution in [2.75, 3.05) is 52.4 Å². The molecule has 2 aliphatic heterocycles. The van der Waals surface area contributed by atoms with Crippen molar-refractivity contribution >= 4 is 23.4 Å². The summed E-state index contributed by atoms with van der Waals surface area (Å²) < 4.78 is 17.4. The first kappa shape index (κ1) is 28.6. The number of fused-ring (bicyclic) bond motifs is 1. The van der Waals surface area contributed by atoms with Crippen LogP contribution in [0.2, 0.25) is 0 Å². The first-order valence-electron chi connectivity index (χ1n) is 13.6. The topological polar surface area (TPSA) is 97.4 Å². The molecule has 2 heterocycles.